The van der Waals surface area contributed by atoms with Crippen LogP contribution in [-0.4, -0.2) is 46.5 Å². The monoisotopic (exact) mass is 412 g/mol. The molecule has 8 nitrogen and oxygen atoms in total. The van der Waals surface area contributed by atoms with Crippen LogP contribution in [0, 0.1) is 5.41 Å². The number of methoxy groups -OCH3 is 2. The first-order chi connectivity index (χ1) is 14.4. The molecule has 2 aliphatic rings. The molecule has 2 aromatic rings. The second-order valence-corrected chi connectivity index (χ2v) is 8.59. The normalized spacial score (nSPS) is 19.8. The molecule has 0 amide bonds. The van der Waals surface area contributed by atoms with Crippen molar-refractivity contribution in [2.75, 3.05) is 26.1 Å². The molecule has 0 fully saturated rings. The van der Waals surface area contributed by atoms with E-state index < -0.39 is 6.04 Å². The maximum absolute atomic E-state index is 13.3. The van der Waals surface area contributed by atoms with Crippen LogP contribution in [0.4, 0.5) is 5.95 Å². The van der Waals surface area contributed by atoms with E-state index in [1.54, 1.807) is 18.9 Å². The van der Waals surface area contributed by atoms with Crippen LogP contribution in [0.3, 0.4) is 0 Å². The van der Waals surface area contributed by atoms with Crippen LogP contribution in [-0.2, 0) is 11.2 Å². The molecule has 1 aliphatic carbocycles. The average molecular weight is 412 g/mol. The maximum Gasteiger partial charge on any atom is 0.226 e. The van der Waals surface area contributed by atoms with Crippen molar-refractivity contribution in [3.63, 3.8) is 0 Å². The number of hydrogen-bond donors (Lipinski definition) is 2. The Hall–Kier alpha value is -2.87. The lowest BCUT2D eigenvalue weighted by Crippen LogP contribution is -2.36. The predicted octanol–water partition coefficient (Wildman–Crippen LogP) is 2.88. The zero-order valence-electron chi connectivity index (χ0n) is 17.9. The molecule has 1 aromatic heterocycles. The standard InChI is InChI=1S/C22H28N4O4/c1-22(2)11-15-19(16(28)12-22)20(14-10-13(29-3)7-8-17(14)30-4)26-21(23-15)24-18(25-26)6-5-9-27/h7-8,10,20,27H,5-6,9,11-12H2,1-4H3,(H,23,24,25). The molecule has 0 saturated carbocycles. The number of allylic oxidation sites excluding steroid dienone is 2. The minimum absolute atomic E-state index is 0.0753. The quantitative estimate of drug-likeness (QED) is 0.753. The van der Waals surface area contributed by atoms with Crippen molar-refractivity contribution in [2.24, 2.45) is 5.41 Å². The van der Waals surface area contributed by atoms with Crippen LogP contribution in [0.5, 0.6) is 11.5 Å². The van der Waals surface area contributed by atoms with Crippen molar-refractivity contribution >= 4 is 11.7 Å². The highest BCUT2D eigenvalue weighted by atomic mass is 16.5. The van der Waals surface area contributed by atoms with Gasteiger partial charge in [0, 0.05) is 36.3 Å². The van der Waals surface area contributed by atoms with Crippen molar-refractivity contribution in [3.05, 3.63) is 40.9 Å². The smallest absolute Gasteiger partial charge is 0.226 e. The van der Waals surface area contributed by atoms with Crippen LogP contribution < -0.4 is 14.8 Å². The summed E-state index contributed by atoms with van der Waals surface area (Å²) < 4.78 is 12.8. The Labute approximate surface area is 175 Å². The molecule has 0 saturated heterocycles. The Kier molecular flexibility index (Phi) is 5.27. The molecular weight excluding hydrogens is 384 g/mol. The van der Waals surface area contributed by atoms with Gasteiger partial charge in [0.15, 0.2) is 11.6 Å². The number of aryl methyl sites for hydroxylation is 1. The number of nitrogens with zero attached hydrogens (tertiary/aromatic N) is 3. The van der Waals surface area contributed by atoms with Crippen LogP contribution >= 0.6 is 0 Å². The van der Waals surface area contributed by atoms with Crippen LogP contribution in [0.2, 0.25) is 0 Å². The number of fused-ring (bicyclic) bond motifs is 1. The van der Waals surface area contributed by atoms with Crippen LogP contribution in [0.1, 0.15) is 50.5 Å². The van der Waals surface area contributed by atoms with E-state index in [1.165, 1.54) is 0 Å². The summed E-state index contributed by atoms with van der Waals surface area (Å²) in [6, 6.07) is 5.11. The molecule has 2 heterocycles. The van der Waals surface area contributed by atoms with Gasteiger partial charge in [-0.05, 0) is 36.5 Å². The van der Waals surface area contributed by atoms with Gasteiger partial charge in [0.05, 0.1) is 14.2 Å². The lowest BCUT2D eigenvalue weighted by atomic mass is 9.73. The third-order valence-corrected chi connectivity index (χ3v) is 5.67. The van der Waals surface area contributed by atoms with Gasteiger partial charge < -0.3 is 19.9 Å². The Bertz CT molecular complexity index is 1010. The van der Waals surface area contributed by atoms with E-state index in [2.05, 4.69) is 29.2 Å². The largest absolute Gasteiger partial charge is 0.497 e. The number of rotatable bonds is 6. The first-order valence-corrected chi connectivity index (χ1v) is 10.2. The molecule has 0 spiro atoms. The number of carbonyl (C=O) groups excluding carboxylic acids is 1. The second kappa shape index (κ2) is 7.75. The molecule has 1 unspecified atom stereocenters. The molecule has 1 atom stereocenters. The number of nitrogens with one attached hydrogen (secondary N) is 1. The van der Waals surface area contributed by atoms with Crippen molar-refractivity contribution in [1.29, 1.82) is 0 Å². The van der Waals surface area contributed by atoms with Gasteiger partial charge >= 0.3 is 0 Å². The van der Waals surface area contributed by atoms with Crippen molar-refractivity contribution < 1.29 is 19.4 Å². The fraction of sp³-hybridized carbons (Fsp3) is 0.500. The fourth-order valence-electron chi connectivity index (χ4n) is 4.34. The average Bonchev–Trinajstić information content (AvgIpc) is 3.11. The number of aliphatic hydroxyl groups excluding tert-OH is 1. The van der Waals surface area contributed by atoms with E-state index in [4.69, 9.17) is 9.47 Å². The summed E-state index contributed by atoms with van der Waals surface area (Å²) in [6.45, 7) is 4.28. The van der Waals surface area contributed by atoms with Gasteiger partial charge in [-0.15, -0.1) is 0 Å². The maximum atomic E-state index is 13.3. The molecule has 1 aliphatic heterocycles. The van der Waals surface area contributed by atoms with Crippen molar-refractivity contribution in [1.82, 2.24) is 14.8 Å². The number of carbonyl (C=O) groups is 1. The Morgan fingerprint density at radius 1 is 1.27 bits per heavy atom. The van der Waals surface area contributed by atoms with Crippen molar-refractivity contribution in [2.45, 2.75) is 45.6 Å². The molecule has 0 bridgehead atoms. The van der Waals surface area contributed by atoms with E-state index in [9.17, 15) is 9.90 Å². The van der Waals surface area contributed by atoms with E-state index in [0.717, 1.165) is 17.7 Å². The van der Waals surface area contributed by atoms with E-state index in [1.807, 2.05) is 18.2 Å². The fourth-order valence-corrected chi connectivity index (χ4v) is 4.34. The summed E-state index contributed by atoms with van der Waals surface area (Å²) in [4.78, 5) is 17.9. The second-order valence-electron chi connectivity index (χ2n) is 8.59. The highest BCUT2D eigenvalue weighted by Gasteiger charge is 2.42. The first-order valence-electron chi connectivity index (χ1n) is 10.2. The summed E-state index contributed by atoms with van der Waals surface area (Å²) in [6.07, 6.45) is 2.35. The van der Waals surface area contributed by atoms with Gasteiger partial charge in [0.25, 0.3) is 0 Å². The number of aromatic nitrogens is 3. The summed E-state index contributed by atoms with van der Waals surface area (Å²) in [5, 5.41) is 17.2. The minimum atomic E-state index is -0.458. The highest BCUT2D eigenvalue weighted by Crippen LogP contribution is 2.47. The zero-order valence-corrected chi connectivity index (χ0v) is 17.9. The van der Waals surface area contributed by atoms with Gasteiger partial charge in [-0.1, -0.05) is 13.8 Å². The minimum Gasteiger partial charge on any atom is -0.497 e. The molecule has 8 heteroatoms. The molecule has 2 N–H and O–H groups in total. The van der Waals surface area contributed by atoms with Gasteiger partial charge in [0.2, 0.25) is 5.95 Å². The highest BCUT2D eigenvalue weighted by molar-refractivity contribution is 6.00. The third-order valence-electron chi connectivity index (χ3n) is 5.67. The molecular formula is C22H28N4O4. The van der Waals surface area contributed by atoms with E-state index in [0.29, 0.717) is 48.1 Å². The molecule has 160 valence electrons. The Morgan fingerprint density at radius 2 is 2.07 bits per heavy atom. The Morgan fingerprint density at radius 3 is 2.77 bits per heavy atom. The number of benzene rings is 1. The summed E-state index contributed by atoms with van der Waals surface area (Å²) in [7, 11) is 3.23. The summed E-state index contributed by atoms with van der Waals surface area (Å²) in [5.41, 5.74) is 2.26. The third kappa shape index (κ3) is 3.56. The lowest BCUT2D eigenvalue weighted by Gasteiger charge is -2.38. The first kappa shape index (κ1) is 20.4. The predicted molar refractivity (Wildman–Crippen MR) is 112 cm³/mol. The van der Waals surface area contributed by atoms with Crippen LogP contribution in [0.25, 0.3) is 0 Å². The number of hydrogen-bond acceptors (Lipinski definition) is 7. The molecule has 1 aromatic carbocycles. The van der Waals surface area contributed by atoms with Crippen LogP contribution in [0.15, 0.2) is 29.5 Å². The number of ether oxygens (including phenoxy) is 2. The molecule has 4 rings (SSSR count). The summed E-state index contributed by atoms with van der Waals surface area (Å²) in [5.74, 6) is 2.66. The van der Waals surface area contributed by atoms with Crippen molar-refractivity contribution in [3.8, 4) is 11.5 Å². The van der Waals surface area contributed by atoms with Gasteiger partial charge in [0.1, 0.15) is 17.5 Å². The number of aliphatic hydroxyl groups is 1. The zero-order chi connectivity index (χ0) is 21.5. The number of anilines is 1. The van der Waals surface area contributed by atoms with E-state index in [-0.39, 0.29) is 17.8 Å². The lowest BCUT2D eigenvalue weighted by molar-refractivity contribution is -0.118. The Balaban J connectivity index is 1.90. The van der Waals surface area contributed by atoms with E-state index >= 15 is 0 Å². The molecule has 30 heavy (non-hydrogen) atoms. The van der Waals surface area contributed by atoms with Gasteiger partial charge in [-0.2, -0.15) is 10.1 Å². The SMILES string of the molecule is COc1ccc(OC)c(C2C3=C(CC(C)(C)CC3=O)Nc3nc(CCCO)nn32)c1. The topological polar surface area (TPSA) is 98.5 Å². The van der Waals surface area contributed by atoms with Gasteiger partial charge in [-0.25, -0.2) is 4.68 Å². The summed E-state index contributed by atoms with van der Waals surface area (Å²) >= 11 is 0. The number of Topliss-reactive ketones (excluding diaryl/α,β-unsaturated/α-hetero) is 1. The van der Waals surface area contributed by atoms with Gasteiger partial charge in [-0.3, -0.25) is 4.79 Å². The number of ketones is 1. The molecule has 0 radical (unpaired) electrons.